The van der Waals surface area contributed by atoms with Crippen molar-refractivity contribution >= 4 is 15.7 Å². The predicted octanol–water partition coefficient (Wildman–Crippen LogP) is 1.81. The Hall–Kier alpha value is -1.47. The summed E-state index contributed by atoms with van der Waals surface area (Å²) in [7, 11) is -3.05. The first-order valence-corrected chi connectivity index (χ1v) is 11.7. The molecule has 2 N–H and O–H groups in total. The van der Waals surface area contributed by atoms with E-state index in [4.69, 9.17) is 0 Å². The van der Waals surface area contributed by atoms with Crippen LogP contribution in [0.3, 0.4) is 0 Å². The van der Waals surface area contributed by atoms with Crippen molar-refractivity contribution < 1.29 is 13.2 Å². The van der Waals surface area contributed by atoms with Gasteiger partial charge in [0.05, 0.1) is 10.5 Å². The van der Waals surface area contributed by atoms with Gasteiger partial charge in [0.1, 0.15) is 0 Å². The van der Waals surface area contributed by atoms with Crippen molar-refractivity contribution in [2.75, 3.05) is 12.3 Å². The molecule has 1 saturated heterocycles. The zero-order valence-corrected chi connectivity index (χ0v) is 16.5. The van der Waals surface area contributed by atoms with Gasteiger partial charge >= 0.3 is 0 Å². The fraction of sp³-hybridized carbons (Fsp3) is 0.700. The van der Waals surface area contributed by atoms with Crippen molar-refractivity contribution in [3.05, 3.63) is 30.1 Å². The summed E-state index contributed by atoms with van der Waals surface area (Å²) >= 11 is 0. The van der Waals surface area contributed by atoms with Gasteiger partial charge in [0.2, 0.25) is 5.91 Å². The molecule has 1 aromatic rings. The summed E-state index contributed by atoms with van der Waals surface area (Å²) in [5.41, 5.74) is 1.12. The first-order chi connectivity index (χ1) is 13.0. The summed E-state index contributed by atoms with van der Waals surface area (Å²) in [6, 6.07) is 4.16. The Bertz CT molecular complexity index is 771. The number of sulfone groups is 1. The molecule has 1 aliphatic heterocycles. The molecule has 4 rings (SSSR count). The van der Waals surface area contributed by atoms with E-state index in [0.717, 1.165) is 31.4 Å². The average Bonchev–Trinajstić information content (AvgIpc) is 2.57. The van der Waals surface area contributed by atoms with Gasteiger partial charge in [0.15, 0.2) is 9.84 Å². The molecule has 27 heavy (non-hydrogen) atoms. The molecule has 2 aliphatic carbocycles. The molecule has 0 aromatic carbocycles. The molecule has 0 radical (unpaired) electrons. The number of nitrogens with one attached hydrogen (secondary N) is 2. The first kappa shape index (κ1) is 18.9. The van der Waals surface area contributed by atoms with Crippen molar-refractivity contribution in [1.82, 2.24) is 15.6 Å². The molecular weight excluding hydrogens is 362 g/mol. The van der Waals surface area contributed by atoms with Crippen LogP contribution in [0.5, 0.6) is 0 Å². The number of amides is 1. The van der Waals surface area contributed by atoms with Crippen LogP contribution in [0.1, 0.15) is 50.5 Å². The topological polar surface area (TPSA) is 88.2 Å². The van der Waals surface area contributed by atoms with E-state index >= 15 is 0 Å². The number of nitrogens with zero attached hydrogens (tertiary/aromatic N) is 1. The molecule has 0 bridgehead atoms. The number of pyridine rings is 1. The Morgan fingerprint density at radius 2 is 2.04 bits per heavy atom. The standard InChI is InChI=1S/C20H29N3O3S/c24-19(17-4-1-5-17)23-14-16-9-20(10-16)11-18(6-8-27(20,25)26)22-13-15-3-2-7-21-12-15/h2-3,7,12,16-18,22H,1,4-6,8-11,13-14H2,(H,23,24). The summed E-state index contributed by atoms with van der Waals surface area (Å²) in [5.74, 6) is 0.905. The van der Waals surface area contributed by atoms with Crippen LogP contribution in [0.2, 0.25) is 0 Å². The van der Waals surface area contributed by atoms with Gasteiger partial charge in [-0.2, -0.15) is 0 Å². The maximum absolute atomic E-state index is 12.7. The van der Waals surface area contributed by atoms with Gasteiger partial charge in [-0.05, 0) is 56.1 Å². The molecule has 1 unspecified atom stereocenters. The number of hydrogen-bond acceptors (Lipinski definition) is 5. The van der Waals surface area contributed by atoms with E-state index in [0.29, 0.717) is 38.1 Å². The van der Waals surface area contributed by atoms with Crippen LogP contribution in [0.4, 0.5) is 0 Å². The Balaban J connectivity index is 1.29. The van der Waals surface area contributed by atoms with E-state index in [9.17, 15) is 13.2 Å². The normalized spacial score (nSPS) is 32.4. The van der Waals surface area contributed by atoms with Gasteiger partial charge in [0, 0.05) is 37.4 Å². The van der Waals surface area contributed by atoms with Gasteiger partial charge in [-0.25, -0.2) is 8.42 Å². The van der Waals surface area contributed by atoms with E-state index in [1.807, 2.05) is 18.3 Å². The highest BCUT2D eigenvalue weighted by molar-refractivity contribution is 7.92. The van der Waals surface area contributed by atoms with Crippen LogP contribution in [-0.2, 0) is 21.2 Å². The van der Waals surface area contributed by atoms with Crippen molar-refractivity contribution in [3.8, 4) is 0 Å². The monoisotopic (exact) mass is 391 g/mol. The van der Waals surface area contributed by atoms with Crippen LogP contribution >= 0.6 is 0 Å². The SMILES string of the molecule is O=C(NCC1CC2(C1)CC(NCc1cccnc1)CCS2(=O)=O)C1CCC1. The van der Waals surface area contributed by atoms with E-state index in [1.54, 1.807) is 6.20 Å². The van der Waals surface area contributed by atoms with Crippen LogP contribution < -0.4 is 10.6 Å². The molecule has 1 aromatic heterocycles. The highest BCUT2D eigenvalue weighted by atomic mass is 32.2. The summed E-state index contributed by atoms with van der Waals surface area (Å²) in [6.07, 6.45) is 9.47. The molecule has 2 saturated carbocycles. The van der Waals surface area contributed by atoms with E-state index < -0.39 is 14.6 Å². The van der Waals surface area contributed by atoms with Crippen molar-refractivity contribution in [1.29, 1.82) is 0 Å². The van der Waals surface area contributed by atoms with Gasteiger partial charge < -0.3 is 10.6 Å². The zero-order valence-electron chi connectivity index (χ0n) is 15.7. The van der Waals surface area contributed by atoms with Crippen LogP contribution in [0.15, 0.2) is 24.5 Å². The van der Waals surface area contributed by atoms with E-state index in [2.05, 4.69) is 15.6 Å². The number of rotatable bonds is 6. The fourth-order valence-corrected chi connectivity index (χ4v) is 7.21. The van der Waals surface area contributed by atoms with Gasteiger partial charge in [-0.15, -0.1) is 0 Å². The molecule has 1 spiro atoms. The summed E-state index contributed by atoms with van der Waals surface area (Å²) in [6.45, 7) is 1.34. The minimum absolute atomic E-state index is 0.157. The molecule has 2 heterocycles. The third-order valence-corrected chi connectivity index (χ3v) is 9.29. The number of carbonyl (C=O) groups excluding carboxylic acids is 1. The summed E-state index contributed by atoms with van der Waals surface area (Å²) in [5, 5.41) is 6.56. The number of aromatic nitrogens is 1. The Labute approximate surface area is 161 Å². The average molecular weight is 392 g/mol. The summed E-state index contributed by atoms with van der Waals surface area (Å²) in [4.78, 5) is 16.1. The smallest absolute Gasteiger partial charge is 0.223 e. The lowest BCUT2D eigenvalue weighted by atomic mass is 9.70. The predicted molar refractivity (Wildman–Crippen MR) is 104 cm³/mol. The van der Waals surface area contributed by atoms with Crippen molar-refractivity contribution in [3.63, 3.8) is 0 Å². The largest absolute Gasteiger partial charge is 0.356 e. The quantitative estimate of drug-likeness (QED) is 0.772. The van der Waals surface area contributed by atoms with Gasteiger partial charge in [-0.1, -0.05) is 12.5 Å². The van der Waals surface area contributed by atoms with Crippen molar-refractivity contribution in [2.45, 2.75) is 62.3 Å². The van der Waals surface area contributed by atoms with E-state index in [-0.39, 0.29) is 23.6 Å². The Kier molecular flexibility index (Phi) is 5.25. The second-order valence-corrected chi connectivity index (χ2v) is 11.1. The third-order valence-electron chi connectivity index (χ3n) is 6.69. The van der Waals surface area contributed by atoms with Crippen LogP contribution in [0.25, 0.3) is 0 Å². The highest BCUT2D eigenvalue weighted by Crippen LogP contribution is 2.50. The molecule has 148 valence electrons. The molecule has 7 heteroatoms. The minimum atomic E-state index is -3.05. The molecule has 1 amide bonds. The maximum Gasteiger partial charge on any atom is 0.223 e. The maximum atomic E-state index is 12.7. The van der Waals surface area contributed by atoms with E-state index in [1.165, 1.54) is 0 Å². The minimum Gasteiger partial charge on any atom is -0.356 e. The third kappa shape index (κ3) is 3.90. The second kappa shape index (κ2) is 7.51. The van der Waals surface area contributed by atoms with Crippen LogP contribution in [0, 0.1) is 11.8 Å². The fourth-order valence-electron chi connectivity index (χ4n) is 4.75. The second-order valence-electron chi connectivity index (χ2n) is 8.58. The number of hydrogen-bond donors (Lipinski definition) is 2. The van der Waals surface area contributed by atoms with Crippen LogP contribution in [-0.4, -0.2) is 42.4 Å². The molecule has 1 atom stereocenters. The van der Waals surface area contributed by atoms with Crippen molar-refractivity contribution in [2.24, 2.45) is 11.8 Å². The Morgan fingerprint density at radius 1 is 1.22 bits per heavy atom. The lowest BCUT2D eigenvalue weighted by Crippen LogP contribution is -2.59. The highest BCUT2D eigenvalue weighted by Gasteiger charge is 2.56. The molecular formula is C20H29N3O3S. The molecule has 3 aliphatic rings. The molecule has 3 fully saturated rings. The number of carbonyl (C=O) groups is 1. The Morgan fingerprint density at radius 3 is 2.70 bits per heavy atom. The first-order valence-electron chi connectivity index (χ1n) is 10.1. The lowest BCUT2D eigenvalue weighted by molar-refractivity contribution is -0.127. The lowest BCUT2D eigenvalue weighted by Gasteiger charge is -2.51. The summed E-state index contributed by atoms with van der Waals surface area (Å²) < 4.78 is 24.9. The molecule has 6 nitrogen and oxygen atoms in total. The van der Waals surface area contributed by atoms with Gasteiger partial charge in [-0.3, -0.25) is 9.78 Å². The van der Waals surface area contributed by atoms with Gasteiger partial charge in [0.25, 0.3) is 0 Å². The zero-order chi connectivity index (χ0) is 18.9.